The van der Waals surface area contributed by atoms with Gasteiger partial charge in [0, 0.05) is 31.7 Å². The standard InChI is InChI=1S/C17H23N5O3/c18-16-19-6-3-13(20-16)21-7-4-17(5-8-21)9-12(15(24)25)22(10-17)14(23)11-1-2-11/h3,6,11-12H,1-2,4-5,7-10H2,(H,24,25)(H2,18,19,20)/t12-/m1/s1. The van der Waals surface area contributed by atoms with Crippen LogP contribution in [-0.2, 0) is 9.59 Å². The van der Waals surface area contributed by atoms with Crippen molar-refractivity contribution < 1.29 is 14.7 Å². The summed E-state index contributed by atoms with van der Waals surface area (Å²) in [5, 5.41) is 9.57. The first-order valence-corrected chi connectivity index (χ1v) is 8.84. The molecule has 3 heterocycles. The van der Waals surface area contributed by atoms with Crippen LogP contribution in [0.25, 0.3) is 0 Å². The summed E-state index contributed by atoms with van der Waals surface area (Å²) < 4.78 is 0. The van der Waals surface area contributed by atoms with Crippen molar-refractivity contribution in [3.05, 3.63) is 12.3 Å². The zero-order valence-electron chi connectivity index (χ0n) is 14.1. The van der Waals surface area contributed by atoms with Gasteiger partial charge in [-0.15, -0.1) is 0 Å². The maximum absolute atomic E-state index is 12.5. The predicted molar refractivity (Wildman–Crippen MR) is 90.8 cm³/mol. The monoisotopic (exact) mass is 345 g/mol. The molecule has 1 saturated carbocycles. The molecule has 2 aliphatic heterocycles. The van der Waals surface area contributed by atoms with Crippen LogP contribution in [0.15, 0.2) is 12.3 Å². The number of likely N-dealkylation sites (tertiary alicyclic amines) is 1. The molecule has 3 N–H and O–H groups in total. The number of piperidine rings is 1. The topological polar surface area (TPSA) is 113 Å². The first kappa shape index (κ1) is 16.1. The van der Waals surface area contributed by atoms with Crippen LogP contribution in [0.1, 0.15) is 32.1 Å². The van der Waals surface area contributed by atoms with Crippen LogP contribution < -0.4 is 10.6 Å². The van der Waals surface area contributed by atoms with Crippen molar-refractivity contribution in [1.29, 1.82) is 0 Å². The number of nitrogens with zero attached hydrogens (tertiary/aromatic N) is 4. The van der Waals surface area contributed by atoms with Crippen LogP contribution in [-0.4, -0.2) is 57.5 Å². The van der Waals surface area contributed by atoms with Crippen molar-refractivity contribution in [3.8, 4) is 0 Å². The SMILES string of the molecule is Nc1nccc(N2CCC3(CC2)C[C@H](C(=O)O)N(C(=O)C2CC2)C3)n1. The number of aromatic nitrogens is 2. The number of nitrogens with two attached hydrogens (primary N) is 1. The number of carboxylic acids is 1. The number of anilines is 2. The van der Waals surface area contributed by atoms with Crippen molar-refractivity contribution in [2.75, 3.05) is 30.3 Å². The molecule has 4 rings (SSSR count). The van der Waals surface area contributed by atoms with Gasteiger partial charge in [-0.3, -0.25) is 4.79 Å². The number of rotatable bonds is 3. The van der Waals surface area contributed by atoms with Crippen LogP contribution in [0.3, 0.4) is 0 Å². The van der Waals surface area contributed by atoms with Gasteiger partial charge in [-0.25, -0.2) is 9.78 Å². The lowest BCUT2D eigenvalue weighted by Crippen LogP contribution is -2.43. The van der Waals surface area contributed by atoms with E-state index in [1.807, 2.05) is 6.07 Å². The van der Waals surface area contributed by atoms with Gasteiger partial charge >= 0.3 is 5.97 Å². The highest BCUT2D eigenvalue weighted by Gasteiger charge is 2.51. The molecule has 0 aromatic carbocycles. The highest BCUT2D eigenvalue weighted by atomic mass is 16.4. The van der Waals surface area contributed by atoms with E-state index in [-0.39, 0.29) is 23.2 Å². The van der Waals surface area contributed by atoms with E-state index in [1.54, 1.807) is 11.1 Å². The predicted octanol–water partition coefficient (Wildman–Crippen LogP) is 0.741. The lowest BCUT2D eigenvalue weighted by Gasteiger charge is -2.39. The third-order valence-corrected chi connectivity index (χ3v) is 5.81. The van der Waals surface area contributed by atoms with Crippen molar-refractivity contribution in [2.24, 2.45) is 11.3 Å². The Bertz CT molecular complexity index is 697. The maximum Gasteiger partial charge on any atom is 0.326 e. The van der Waals surface area contributed by atoms with E-state index >= 15 is 0 Å². The van der Waals surface area contributed by atoms with Crippen LogP contribution in [0.4, 0.5) is 11.8 Å². The Morgan fingerprint density at radius 3 is 2.60 bits per heavy atom. The summed E-state index contributed by atoms with van der Waals surface area (Å²) in [7, 11) is 0. The molecule has 2 saturated heterocycles. The number of hydrogen-bond acceptors (Lipinski definition) is 6. The minimum atomic E-state index is -0.878. The van der Waals surface area contributed by atoms with E-state index in [4.69, 9.17) is 5.73 Å². The average Bonchev–Trinajstić information content (AvgIpc) is 3.37. The molecule has 0 unspecified atom stereocenters. The Morgan fingerprint density at radius 2 is 2.00 bits per heavy atom. The molecule has 1 spiro atoms. The summed E-state index contributed by atoms with van der Waals surface area (Å²) in [6.07, 6.45) is 5.72. The van der Waals surface area contributed by atoms with Gasteiger partial charge in [-0.1, -0.05) is 0 Å². The third kappa shape index (κ3) is 3.01. The largest absolute Gasteiger partial charge is 0.480 e. The zero-order chi connectivity index (χ0) is 17.6. The second-order valence-electron chi connectivity index (χ2n) is 7.56. The van der Waals surface area contributed by atoms with Gasteiger partial charge in [0.25, 0.3) is 0 Å². The zero-order valence-corrected chi connectivity index (χ0v) is 14.1. The van der Waals surface area contributed by atoms with Crippen molar-refractivity contribution in [3.63, 3.8) is 0 Å². The average molecular weight is 345 g/mol. The molecule has 8 nitrogen and oxygen atoms in total. The minimum absolute atomic E-state index is 0.0373. The van der Waals surface area contributed by atoms with Gasteiger partial charge in [0.15, 0.2) is 0 Å². The second-order valence-corrected chi connectivity index (χ2v) is 7.56. The summed E-state index contributed by atoms with van der Waals surface area (Å²) in [4.78, 5) is 36.1. The Kier molecular flexibility index (Phi) is 3.77. The summed E-state index contributed by atoms with van der Waals surface area (Å²) in [5.41, 5.74) is 5.57. The molecule has 1 aromatic heterocycles. The fourth-order valence-corrected chi connectivity index (χ4v) is 4.19. The normalized spacial score (nSPS) is 25.4. The van der Waals surface area contributed by atoms with Crippen molar-refractivity contribution >= 4 is 23.6 Å². The number of nitrogen functional groups attached to an aromatic ring is 1. The molecular formula is C17H23N5O3. The number of carbonyl (C=O) groups is 2. The molecule has 1 amide bonds. The fraction of sp³-hybridized carbons (Fsp3) is 0.647. The molecule has 0 radical (unpaired) electrons. The Labute approximate surface area is 146 Å². The van der Waals surface area contributed by atoms with E-state index in [1.165, 1.54) is 0 Å². The summed E-state index contributed by atoms with van der Waals surface area (Å²) in [5.74, 6) is 0.278. The molecule has 3 fully saturated rings. The van der Waals surface area contributed by atoms with E-state index in [9.17, 15) is 14.7 Å². The van der Waals surface area contributed by atoms with E-state index in [2.05, 4.69) is 14.9 Å². The Morgan fingerprint density at radius 1 is 1.28 bits per heavy atom. The molecule has 25 heavy (non-hydrogen) atoms. The molecule has 8 heteroatoms. The first-order valence-electron chi connectivity index (χ1n) is 8.84. The summed E-state index contributed by atoms with van der Waals surface area (Å²) >= 11 is 0. The number of amides is 1. The number of aliphatic carboxylic acids is 1. The lowest BCUT2D eigenvalue weighted by atomic mass is 9.76. The van der Waals surface area contributed by atoms with Gasteiger partial charge in [0.1, 0.15) is 11.9 Å². The molecule has 1 aromatic rings. The highest BCUT2D eigenvalue weighted by molar-refractivity contribution is 5.87. The summed E-state index contributed by atoms with van der Waals surface area (Å²) in [6.45, 7) is 2.14. The molecule has 1 aliphatic carbocycles. The summed E-state index contributed by atoms with van der Waals surface area (Å²) in [6, 6.07) is 1.17. The Balaban J connectivity index is 1.46. The second kappa shape index (κ2) is 5.86. The molecule has 1 atom stereocenters. The maximum atomic E-state index is 12.5. The van der Waals surface area contributed by atoms with Crippen LogP contribution in [0.2, 0.25) is 0 Å². The van der Waals surface area contributed by atoms with Gasteiger partial charge in [0.2, 0.25) is 11.9 Å². The minimum Gasteiger partial charge on any atom is -0.480 e. The number of carbonyl (C=O) groups excluding carboxylic acids is 1. The van der Waals surface area contributed by atoms with Crippen LogP contribution >= 0.6 is 0 Å². The fourth-order valence-electron chi connectivity index (χ4n) is 4.19. The molecule has 0 bridgehead atoms. The Hall–Kier alpha value is -2.38. The number of carboxylic acid groups (broad SMARTS) is 1. The number of hydrogen-bond donors (Lipinski definition) is 2. The van der Waals surface area contributed by atoms with Gasteiger partial charge < -0.3 is 20.6 Å². The van der Waals surface area contributed by atoms with Gasteiger partial charge in [-0.2, -0.15) is 4.98 Å². The van der Waals surface area contributed by atoms with E-state index in [0.29, 0.717) is 13.0 Å². The van der Waals surface area contributed by atoms with E-state index in [0.717, 1.165) is 44.6 Å². The molecular weight excluding hydrogens is 322 g/mol. The first-order chi connectivity index (χ1) is 12.0. The van der Waals surface area contributed by atoms with Crippen LogP contribution in [0.5, 0.6) is 0 Å². The third-order valence-electron chi connectivity index (χ3n) is 5.81. The van der Waals surface area contributed by atoms with Crippen molar-refractivity contribution in [1.82, 2.24) is 14.9 Å². The van der Waals surface area contributed by atoms with Gasteiger partial charge in [0.05, 0.1) is 0 Å². The quantitative estimate of drug-likeness (QED) is 0.831. The molecule has 134 valence electrons. The highest BCUT2D eigenvalue weighted by Crippen LogP contribution is 2.46. The van der Waals surface area contributed by atoms with E-state index < -0.39 is 12.0 Å². The molecule has 3 aliphatic rings. The van der Waals surface area contributed by atoms with Crippen molar-refractivity contribution in [2.45, 2.75) is 38.1 Å². The smallest absolute Gasteiger partial charge is 0.326 e. The van der Waals surface area contributed by atoms with Gasteiger partial charge in [-0.05, 0) is 43.6 Å². The lowest BCUT2D eigenvalue weighted by molar-refractivity contribution is -0.148. The van der Waals surface area contributed by atoms with Crippen LogP contribution in [0, 0.1) is 11.3 Å².